The first-order valence-corrected chi connectivity index (χ1v) is 10.6. The summed E-state index contributed by atoms with van der Waals surface area (Å²) in [5.74, 6) is 1.62. The lowest BCUT2D eigenvalue weighted by atomic mass is 10.1. The van der Waals surface area contributed by atoms with Gasteiger partial charge in [-0.25, -0.2) is 4.98 Å². The largest absolute Gasteiger partial charge is 0.493 e. The second-order valence-corrected chi connectivity index (χ2v) is 7.53. The monoisotopic (exact) mass is 456 g/mol. The van der Waals surface area contributed by atoms with Gasteiger partial charge in [0.1, 0.15) is 11.9 Å². The van der Waals surface area contributed by atoms with Crippen LogP contribution in [0.1, 0.15) is 27.8 Å². The summed E-state index contributed by atoms with van der Waals surface area (Å²) in [5.41, 5.74) is 3.48. The van der Waals surface area contributed by atoms with Crippen LogP contribution < -0.4 is 19.5 Å². The Labute approximate surface area is 197 Å². The number of nitriles is 1. The Morgan fingerprint density at radius 3 is 2.26 bits per heavy atom. The molecule has 1 N–H and O–H groups in total. The van der Waals surface area contributed by atoms with E-state index < -0.39 is 11.9 Å². The number of rotatable bonds is 7. The molecule has 4 rings (SSSR count). The van der Waals surface area contributed by atoms with E-state index >= 15 is 0 Å². The third kappa shape index (κ3) is 4.11. The van der Waals surface area contributed by atoms with Crippen molar-refractivity contribution in [2.45, 2.75) is 13.0 Å². The van der Waals surface area contributed by atoms with Crippen LogP contribution in [0.3, 0.4) is 0 Å². The normalized spacial score (nSPS) is 11.5. The summed E-state index contributed by atoms with van der Waals surface area (Å²) in [6, 6.07) is 19.7. The number of aryl methyl sites for hydroxylation is 1. The maximum atomic E-state index is 13.0. The number of carbonyl (C=O) groups excluding carboxylic acids is 1. The fourth-order valence-electron chi connectivity index (χ4n) is 3.92. The number of amides is 1. The molecule has 0 radical (unpaired) electrons. The van der Waals surface area contributed by atoms with E-state index in [9.17, 15) is 10.1 Å². The topological polar surface area (TPSA) is 98.4 Å². The molecule has 8 heteroatoms. The number of carbonyl (C=O) groups is 1. The van der Waals surface area contributed by atoms with Crippen molar-refractivity contribution >= 4 is 16.9 Å². The van der Waals surface area contributed by atoms with Crippen molar-refractivity contribution in [3.63, 3.8) is 0 Å². The first kappa shape index (κ1) is 22.7. The summed E-state index contributed by atoms with van der Waals surface area (Å²) in [5, 5.41) is 12.5. The molecule has 1 heterocycles. The minimum atomic E-state index is -0.930. The van der Waals surface area contributed by atoms with Crippen LogP contribution in [0.25, 0.3) is 16.7 Å². The zero-order chi connectivity index (χ0) is 24.2. The van der Waals surface area contributed by atoms with E-state index in [0.29, 0.717) is 33.9 Å². The summed E-state index contributed by atoms with van der Waals surface area (Å²) >= 11 is 0. The lowest BCUT2D eigenvalue weighted by Crippen LogP contribution is -2.27. The molecule has 34 heavy (non-hydrogen) atoms. The highest BCUT2D eigenvalue weighted by Crippen LogP contribution is 2.39. The predicted molar refractivity (Wildman–Crippen MR) is 128 cm³/mol. The molecule has 0 saturated heterocycles. The van der Waals surface area contributed by atoms with Gasteiger partial charge in [0.15, 0.2) is 11.5 Å². The van der Waals surface area contributed by atoms with E-state index in [1.54, 1.807) is 24.3 Å². The molecule has 1 aromatic heterocycles. The van der Waals surface area contributed by atoms with Crippen LogP contribution in [0.2, 0.25) is 0 Å². The Morgan fingerprint density at radius 1 is 1.00 bits per heavy atom. The number of hydrogen-bond acceptors (Lipinski definition) is 6. The van der Waals surface area contributed by atoms with Crippen molar-refractivity contribution in [3.05, 3.63) is 77.6 Å². The lowest BCUT2D eigenvalue weighted by Gasteiger charge is -2.17. The van der Waals surface area contributed by atoms with Crippen molar-refractivity contribution in [1.82, 2.24) is 14.9 Å². The summed E-state index contributed by atoms with van der Waals surface area (Å²) in [7, 11) is 4.49. The van der Waals surface area contributed by atoms with Gasteiger partial charge in [-0.3, -0.25) is 9.36 Å². The Morgan fingerprint density at radius 2 is 1.68 bits per heavy atom. The zero-order valence-corrected chi connectivity index (χ0v) is 19.3. The quantitative estimate of drug-likeness (QED) is 0.444. The summed E-state index contributed by atoms with van der Waals surface area (Å²) < 4.78 is 18.1. The van der Waals surface area contributed by atoms with Crippen LogP contribution >= 0.6 is 0 Å². The molecule has 0 aliphatic carbocycles. The number of nitrogens with one attached hydrogen (secondary N) is 1. The van der Waals surface area contributed by atoms with Gasteiger partial charge in [0, 0.05) is 11.3 Å². The first-order chi connectivity index (χ1) is 16.5. The molecule has 0 spiro atoms. The van der Waals surface area contributed by atoms with Gasteiger partial charge in [-0.15, -0.1) is 0 Å². The smallest absolute Gasteiger partial charge is 0.252 e. The molecule has 0 aliphatic rings. The number of fused-ring (bicyclic) bond motifs is 1. The molecule has 0 fully saturated rings. The van der Waals surface area contributed by atoms with Crippen LogP contribution in [0.5, 0.6) is 17.2 Å². The van der Waals surface area contributed by atoms with Crippen LogP contribution in [-0.4, -0.2) is 36.8 Å². The number of ether oxygens (including phenoxy) is 3. The van der Waals surface area contributed by atoms with Crippen LogP contribution in [0, 0.1) is 18.3 Å². The highest BCUT2D eigenvalue weighted by atomic mass is 16.5. The van der Waals surface area contributed by atoms with E-state index in [4.69, 9.17) is 14.2 Å². The van der Waals surface area contributed by atoms with E-state index in [1.807, 2.05) is 47.9 Å². The van der Waals surface area contributed by atoms with Crippen LogP contribution in [-0.2, 0) is 0 Å². The summed E-state index contributed by atoms with van der Waals surface area (Å²) in [6.07, 6.45) is 0. The number of nitrogens with zero attached hydrogens (tertiary/aromatic N) is 3. The van der Waals surface area contributed by atoms with E-state index in [0.717, 1.165) is 17.0 Å². The fraction of sp³-hybridized carbons (Fsp3) is 0.192. The molecule has 1 atom stereocenters. The maximum absolute atomic E-state index is 13.0. The third-order valence-corrected chi connectivity index (χ3v) is 5.52. The van der Waals surface area contributed by atoms with E-state index in [-0.39, 0.29) is 0 Å². The second-order valence-electron chi connectivity index (χ2n) is 7.53. The molecule has 1 unspecified atom stereocenters. The van der Waals surface area contributed by atoms with Gasteiger partial charge in [-0.1, -0.05) is 18.2 Å². The number of benzene rings is 3. The molecular weight excluding hydrogens is 432 g/mol. The molecule has 8 nitrogen and oxygen atoms in total. The van der Waals surface area contributed by atoms with Crippen molar-refractivity contribution < 1.29 is 19.0 Å². The maximum Gasteiger partial charge on any atom is 0.252 e. The predicted octanol–water partition coefficient (Wildman–Crippen LogP) is 4.35. The van der Waals surface area contributed by atoms with Crippen molar-refractivity contribution in [2.75, 3.05) is 21.3 Å². The van der Waals surface area contributed by atoms with Gasteiger partial charge in [0.25, 0.3) is 5.91 Å². The van der Waals surface area contributed by atoms with Gasteiger partial charge in [-0.2, -0.15) is 5.26 Å². The molecule has 1 amide bonds. The van der Waals surface area contributed by atoms with E-state index in [1.165, 1.54) is 21.3 Å². The Hall–Kier alpha value is -4.51. The van der Waals surface area contributed by atoms with Crippen molar-refractivity contribution in [1.29, 1.82) is 5.26 Å². The SMILES string of the molecule is COc1cc(C(C#N)NC(=O)c2ccc3c(c2)nc(C)n3-c2ccccc2)cc(OC)c1OC. The van der Waals surface area contributed by atoms with Crippen LogP contribution in [0.15, 0.2) is 60.7 Å². The molecule has 0 bridgehead atoms. The van der Waals surface area contributed by atoms with Gasteiger partial charge in [0.05, 0.1) is 38.4 Å². The number of imidazole rings is 1. The highest BCUT2D eigenvalue weighted by Gasteiger charge is 2.21. The average Bonchev–Trinajstić information content (AvgIpc) is 3.21. The third-order valence-electron chi connectivity index (χ3n) is 5.52. The molecule has 172 valence electrons. The molecule has 3 aromatic carbocycles. The van der Waals surface area contributed by atoms with E-state index in [2.05, 4.69) is 16.4 Å². The Balaban J connectivity index is 1.64. The minimum absolute atomic E-state index is 0.394. The van der Waals surface area contributed by atoms with Gasteiger partial charge in [-0.05, 0) is 55.0 Å². The Bertz CT molecular complexity index is 1360. The van der Waals surface area contributed by atoms with Crippen molar-refractivity contribution in [3.8, 4) is 29.0 Å². The van der Waals surface area contributed by atoms with Gasteiger partial charge in [0.2, 0.25) is 5.75 Å². The van der Waals surface area contributed by atoms with Gasteiger partial charge < -0.3 is 19.5 Å². The van der Waals surface area contributed by atoms with Crippen molar-refractivity contribution in [2.24, 2.45) is 0 Å². The molecular formula is C26H24N4O4. The fourth-order valence-corrected chi connectivity index (χ4v) is 3.92. The lowest BCUT2D eigenvalue weighted by molar-refractivity contribution is 0.0945. The van der Waals surface area contributed by atoms with Crippen LogP contribution in [0.4, 0.5) is 0 Å². The number of methoxy groups -OCH3 is 3. The first-order valence-electron chi connectivity index (χ1n) is 10.6. The Kier molecular flexibility index (Phi) is 6.37. The molecule has 0 aliphatic heterocycles. The minimum Gasteiger partial charge on any atom is -0.493 e. The zero-order valence-electron chi connectivity index (χ0n) is 19.3. The molecule has 0 saturated carbocycles. The average molecular weight is 457 g/mol. The second kappa shape index (κ2) is 9.55. The standard InChI is InChI=1S/C26H24N4O4/c1-16-28-20-12-17(10-11-22(20)30(16)19-8-6-5-7-9-19)26(31)29-21(15-27)18-13-23(32-2)25(34-4)24(14-18)33-3/h5-14,21H,1-4H3,(H,29,31). The molecule has 4 aromatic rings. The highest BCUT2D eigenvalue weighted by molar-refractivity contribution is 5.98. The van der Waals surface area contributed by atoms with Gasteiger partial charge >= 0.3 is 0 Å². The number of para-hydroxylation sites is 1. The summed E-state index contributed by atoms with van der Waals surface area (Å²) in [4.78, 5) is 17.7. The summed E-state index contributed by atoms with van der Waals surface area (Å²) in [6.45, 7) is 1.92. The number of hydrogen-bond donors (Lipinski definition) is 1. The number of aromatic nitrogens is 2.